The number of likely N-dealkylation sites (tertiary alicyclic amines) is 3. The van der Waals surface area contributed by atoms with Crippen molar-refractivity contribution in [1.29, 1.82) is 0 Å². The van der Waals surface area contributed by atoms with Gasteiger partial charge in [-0.25, -0.2) is 0 Å². The third-order valence-corrected chi connectivity index (χ3v) is 33.7. The van der Waals surface area contributed by atoms with Crippen molar-refractivity contribution in [2.45, 2.75) is 320 Å². The Balaban J connectivity index is 0.000000142. The third-order valence-electron chi connectivity index (χ3n) is 33.7. The zero-order chi connectivity index (χ0) is 80.6. The highest BCUT2D eigenvalue weighted by Crippen LogP contribution is 2.39. The number of anilines is 2. The first-order valence-corrected chi connectivity index (χ1v) is 47.8. The monoisotopic (exact) mass is 1560 g/mol. The van der Waals surface area contributed by atoms with E-state index < -0.39 is 0 Å². The summed E-state index contributed by atoms with van der Waals surface area (Å²) in [6.07, 6.45) is 25.8. The van der Waals surface area contributed by atoms with E-state index in [0.717, 1.165) is 123 Å². The molecular formula is C93H188N18+10. The number of quaternary nitrogens is 8. The molecule has 20 heterocycles. The highest BCUT2D eigenvalue weighted by atomic mass is 15.5. The summed E-state index contributed by atoms with van der Waals surface area (Å²) in [5.41, 5.74) is 8.38. The largest absolute Gasteiger partial charge is 0.379 e. The van der Waals surface area contributed by atoms with E-state index in [1.807, 2.05) is 0 Å². The van der Waals surface area contributed by atoms with E-state index in [4.69, 9.17) is 5.73 Å². The smallest absolute Gasteiger partial charge is 0.206 e. The van der Waals surface area contributed by atoms with Crippen molar-refractivity contribution in [2.75, 3.05) is 221 Å². The fraction of sp³-hybridized carbons (Fsp3) is 0.914. The lowest BCUT2D eigenvalue weighted by atomic mass is 9.84. The molecule has 2 aromatic rings. The number of piperidine rings is 5. The number of fused-ring (bicyclic) bond motifs is 15. The van der Waals surface area contributed by atoms with Gasteiger partial charge in [0.2, 0.25) is 5.69 Å². The maximum atomic E-state index is 5.62. The molecule has 0 aromatic carbocycles. The number of nitrogens with zero attached hydrogens (tertiary/aromatic N) is 11. The molecule has 16 fully saturated rings. The topological polar surface area (TPSA) is 111 Å². The SMILES string of the molecule is CC(C)[N+]1(C)CC2CNCC2C1.CC(C)[N+]1(C)CCCC1.CC(C)[N+]1(CCN)CCCC1.CC(C)[N+]12CCC(CC1)C2.CC(C)[N+]12CCC(CC1)CC2.CC(C)[N+]12CCCC1CNCC2.CC(C)[N+]12CCNC(CC1)C2.CC(C)[N+]12CCNC(CC1)CC2.CC(C)[n+]1ccc2n1CCN2.CC(C)[n+]1cccc2c1CCN2. The Morgan fingerprint density at radius 3 is 1.43 bits per heavy atom. The molecule has 0 amide bonds. The Morgan fingerprint density at radius 1 is 0.423 bits per heavy atom. The molecule has 6 atom stereocenters. The van der Waals surface area contributed by atoms with Crippen LogP contribution < -0.4 is 46.9 Å². The van der Waals surface area contributed by atoms with Crippen molar-refractivity contribution in [1.82, 2.24) is 25.9 Å². The molecule has 18 aliphatic heterocycles. The molecule has 640 valence electrons. The van der Waals surface area contributed by atoms with E-state index in [0.29, 0.717) is 12.1 Å². The quantitative estimate of drug-likeness (QED) is 0.0838. The van der Waals surface area contributed by atoms with E-state index >= 15 is 0 Å². The van der Waals surface area contributed by atoms with Gasteiger partial charge in [0.1, 0.15) is 11.7 Å². The second kappa shape index (κ2) is 41.4. The summed E-state index contributed by atoms with van der Waals surface area (Å²) < 4.78 is 17.8. The number of nitrogens with two attached hydrogens (primary N) is 1. The molecule has 18 heteroatoms. The Kier molecular flexibility index (Phi) is 34.4. The first-order chi connectivity index (χ1) is 52.7. The minimum Gasteiger partial charge on any atom is -0.379 e. The van der Waals surface area contributed by atoms with Crippen molar-refractivity contribution in [3.05, 3.63) is 36.3 Å². The predicted octanol–water partition coefficient (Wildman–Crippen LogP) is 11.8. The van der Waals surface area contributed by atoms with Crippen LogP contribution in [0, 0.1) is 23.7 Å². The average molecular weight is 1560 g/mol. The van der Waals surface area contributed by atoms with Gasteiger partial charge in [0.15, 0.2) is 30.3 Å². The van der Waals surface area contributed by atoms with Gasteiger partial charge >= 0.3 is 0 Å². The zero-order valence-corrected chi connectivity index (χ0v) is 77.2. The number of hydrogen-bond donors (Lipinski definition) is 7. The molecule has 111 heavy (non-hydrogen) atoms. The molecule has 8 N–H and O–H groups in total. The average Bonchev–Trinajstić information content (AvgIpc) is 1.75. The number of aromatic nitrogens is 3. The van der Waals surface area contributed by atoms with Gasteiger partial charge in [0.25, 0.3) is 0 Å². The van der Waals surface area contributed by atoms with Crippen LogP contribution in [0.4, 0.5) is 11.5 Å². The lowest BCUT2D eigenvalue weighted by Crippen LogP contribution is -2.64. The molecule has 0 spiro atoms. The fourth-order valence-electron chi connectivity index (χ4n) is 24.1. The Labute approximate surface area is 685 Å². The number of piperazine rings is 2. The second-order valence-electron chi connectivity index (χ2n) is 42.4. The van der Waals surface area contributed by atoms with Crippen LogP contribution >= 0.6 is 0 Å². The summed E-state index contributed by atoms with van der Waals surface area (Å²) in [5, 5.41) is 20.9. The summed E-state index contributed by atoms with van der Waals surface area (Å²) in [6.45, 7) is 87.8. The highest BCUT2D eigenvalue weighted by Gasteiger charge is 2.50. The molecule has 16 saturated heterocycles. The molecule has 18 nitrogen and oxygen atoms in total. The fourth-order valence-corrected chi connectivity index (χ4v) is 24.1. The summed E-state index contributed by atoms with van der Waals surface area (Å²) >= 11 is 0. The zero-order valence-electron chi connectivity index (χ0n) is 77.2. The normalized spacial score (nSPS) is 34.2. The molecule has 0 saturated carbocycles. The highest BCUT2D eigenvalue weighted by molar-refractivity contribution is 5.49. The Hall–Kier alpha value is -2.56. The van der Waals surface area contributed by atoms with Crippen molar-refractivity contribution in [2.24, 2.45) is 29.4 Å². The van der Waals surface area contributed by atoms with Gasteiger partial charge in [-0.3, -0.25) is 0 Å². The molecule has 0 radical (unpaired) electrons. The molecule has 6 unspecified atom stereocenters. The molecule has 18 aliphatic rings. The maximum absolute atomic E-state index is 5.62. The summed E-state index contributed by atoms with van der Waals surface area (Å²) in [4.78, 5) is 0. The number of pyridine rings is 1. The van der Waals surface area contributed by atoms with Gasteiger partial charge < -0.3 is 73.5 Å². The van der Waals surface area contributed by atoms with Gasteiger partial charge in [0, 0.05) is 159 Å². The minimum atomic E-state index is 0.559. The van der Waals surface area contributed by atoms with Crippen LogP contribution in [0.2, 0.25) is 0 Å². The Morgan fingerprint density at radius 2 is 0.946 bits per heavy atom. The molecular weight excluding hydrogens is 1370 g/mol. The standard InChI is InChI=1S/2C10H21N2.C10H15N2.C10H21N2.C10H20N.C9H19N2.C9H21N2.C9H18N.C8H13N3.C8H18N/c1-8(2)12(3)6-9-4-11-5-10(9)7-12;1-9(2)12-6-3-10(4-7-12)11-5-8-12;1-8(2)12-7-3-4-9-10(12)5-6-11-9;1-9(2)12-6-3-4-10(12)8-11-5-7-12;1-9(2)11-6-3-10(4-7-11)5-8-11;1-8(2)11-5-3-9(7-11)10-4-6-11;1-9(2)11(8-5-10)6-3-4-7-11;1-8(2)10-5-3-9(7-10)4-6-10;1-7(2)10-5-3-8-9-4-6-11(8)10;1-8(2)9(3)6-4-5-7-9/h8-11H,4-7H2,1-3H3;9-11H,3-8H2,1-2H3;3-4,7-8,11H,5-6H2,1-2H3;9-11H,3-8H2,1-2H3;9-10H,3-8H2,1-2H3;8-10H,3-7H2,1-2H3;9H,3-8,10H2,1-2H3;8-9H,3-7H2,1-2H3;3,5,7H,4,6H2,1-2H3;8H,4-7H2,1-3H3/q8*+1;;+1/p+1. The van der Waals surface area contributed by atoms with Crippen molar-refractivity contribution in [3.8, 4) is 0 Å². The molecule has 2 aromatic heterocycles. The van der Waals surface area contributed by atoms with E-state index in [2.05, 4.69) is 229 Å². The van der Waals surface area contributed by atoms with Gasteiger partial charge in [0.05, 0.1) is 225 Å². The van der Waals surface area contributed by atoms with Crippen LogP contribution in [0.5, 0.6) is 0 Å². The van der Waals surface area contributed by atoms with Gasteiger partial charge in [-0.2, -0.15) is 4.57 Å². The number of rotatable bonds is 12. The second-order valence-corrected chi connectivity index (χ2v) is 42.4. The Bertz CT molecular complexity index is 2920. The number of hydrogen-bond acceptors (Lipinski definition) is 7. The first-order valence-electron chi connectivity index (χ1n) is 47.8. The van der Waals surface area contributed by atoms with Crippen LogP contribution in [0.3, 0.4) is 0 Å². The minimum absolute atomic E-state index is 0.559. The summed E-state index contributed by atoms with van der Waals surface area (Å²) in [5.74, 6) is 5.39. The van der Waals surface area contributed by atoms with Crippen molar-refractivity contribution in [3.63, 3.8) is 0 Å². The maximum Gasteiger partial charge on any atom is 0.206 e. The summed E-state index contributed by atoms with van der Waals surface area (Å²) in [7, 11) is 4.79. The van der Waals surface area contributed by atoms with E-state index in [-0.39, 0.29) is 0 Å². The van der Waals surface area contributed by atoms with Crippen LogP contribution in [0.25, 0.3) is 0 Å². The predicted molar refractivity (Wildman–Crippen MR) is 471 cm³/mol. The lowest BCUT2D eigenvalue weighted by molar-refractivity contribution is -0.961. The van der Waals surface area contributed by atoms with Crippen molar-refractivity contribution < 1.29 is 45.1 Å². The van der Waals surface area contributed by atoms with E-state index in [1.54, 1.807) is 0 Å². The molecule has 20 rings (SSSR count). The molecule has 0 aliphatic carbocycles. The van der Waals surface area contributed by atoms with Crippen LogP contribution in [0.1, 0.15) is 246 Å². The third kappa shape index (κ3) is 23.1. The lowest BCUT2D eigenvalue weighted by Gasteiger charge is -2.51. The van der Waals surface area contributed by atoms with Crippen molar-refractivity contribution >= 4 is 11.5 Å². The molecule has 8 bridgehead atoms. The van der Waals surface area contributed by atoms with Gasteiger partial charge in [-0.15, -0.1) is 9.36 Å². The van der Waals surface area contributed by atoms with Crippen LogP contribution in [-0.4, -0.2) is 317 Å². The van der Waals surface area contributed by atoms with Gasteiger partial charge in [-0.1, -0.05) is 0 Å². The van der Waals surface area contributed by atoms with E-state index in [9.17, 15) is 0 Å². The van der Waals surface area contributed by atoms with E-state index in [1.165, 1.54) is 320 Å². The summed E-state index contributed by atoms with van der Waals surface area (Å²) in [6, 6.07) is 16.8. The van der Waals surface area contributed by atoms with Crippen LogP contribution in [-0.2, 0) is 13.0 Å². The first kappa shape index (κ1) is 92.3. The van der Waals surface area contributed by atoms with Gasteiger partial charge in [-0.05, 0) is 170 Å². The van der Waals surface area contributed by atoms with Crippen LogP contribution in [0.15, 0.2) is 30.6 Å². The number of nitrogens with one attached hydrogen (secondary N) is 6.